The van der Waals surface area contributed by atoms with Crippen molar-refractivity contribution in [2.45, 2.75) is 13.3 Å². The summed E-state index contributed by atoms with van der Waals surface area (Å²) in [5.41, 5.74) is 3.82. The van der Waals surface area contributed by atoms with E-state index in [2.05, 4.69) is 47.1 Å². The van der Waals surface area contributed by atoms with E-state index in [1.807, 2.05) is 12.1 Å². The third-order valence-corrected chi connectivity index (χ3v) is 4.45. The minimum absolute atomic E-state index is 0.350. The van der Waals surface area contributed by atoms with Crippen molar-refractivity contribution in [3.05, 3.63) is 59.7 Å². The fourth-order valence-corrected chi connectivity index (χ4v) is 3.14. The summed E-state index contributed by atoms with van der Waals surface area (Å²) in [6.45, 7) is 7.52. The summed E-state index contributed by atoms with van der Waals surface area (Å²) in [5, 5.41) is 9.53. The van der Waals surface area contributed by atoms with Gasteiger partial charge >= 0.3 is 0 Å². The van der Waals surface area contributed by atoms with Crippen molar-refractivity contribution < 1.29 is 5.11 Å². The summed E-state index contributed by atoms with van der Waals surface area (Å²) in [4.78, 5) is 4.97. The normalized spacial score (nSPS) is 16.0. The molecule has 22 heavy (non-hydrogen) atoms. The summed E-state index contributed by atoms with van der Waals surface area (Å²) in [5.74, 6) is 0.350. The van der Waals surface area contributed by atoms with Gasteiger partial charge in [0.15, 0.2) is 0 Å². The van der Waals surface area contributed by atoms with Crippen LogP contribution in [0, 0.1) is 6.92 Å². The Balaban J connectivity index is 1.52. The van der Waals surface area contributed by atoms with Crippen molar-refractivity contribution in [1.29, 1.82) is 0 Å². The maximum absolute atomic E-state index is 9.53. The highest BCUT2D eigenvalue weighted by Crippen LogP contribution is 2.25. The second kappa shape index (κ2) is 6.84. The smallest absolute Gasteiger partial charge is 0.115 e. The Bertz CT molecular complexity index is 604. The Kier molecular flexibility index (Phi) is 4.64. The fraction of sp³-hybridized carbons (Fsp3) is 0.368. The lowest BCUT2D eigenvalue weighted by molar-refractivity contribution is 0.261. The second-order valence-electron chi connectivity index (χ2n) is 6.04. The van der Waals surface area contributed by atoms with Gasteiger partial charge in [-0.15, -0.1) is 0 Å². The van der Waals surface area contributed by atoms with Crippen LogP contribution in [-0.4, -0.2) is 42.7 Å². The Morgan fingerprint density at radius 3 is 2.36 bits per heavy atom. The van der Waals surface area contributed by atoms with Gasteiger partial charge in [0.05, 0.1) is 0 Å². The van der Waals surface area contributed by atoms with E-state index < -0.39 is 0 Å². The Morgan fingerprint density at radius 1 is 0.955 bits per heavy atom. The van der Waals surface area contributed by atoms with E-state index >= 15 is 0 Å². The second-order valence-corrected chi connectivity index (χ2v) is 6.04. The van der Waals surface area contributed by atoms with Crippen molar-refractivity contribution >= 4 is 5.69 Å². The lowest BCUT2D eigenvalue weighted by Gasteiger charge is -2.36. The van der Waals surface area contributed by atoms with Gasteiger partial charge in [0.1, 0.15) is 5.75 Å². The molecule has 0 aliphatic carbocycles. The van der Waals surface area contributed by atoms with E-state index in [9.17, 15) is 5.11 Å². The molecule has 2 aromatic rings. The summed E-state index contributed by atoms with van der Waals surface area (Å²) in [7, 11) is 0. The summed E-state index contributed by atoms with van der Waals surface area (Å²) in [6.07, 6.45) is 1.12. The van der Waals surface area contributed by atoms with Gasteiger partial charge in [-0.2, -0.15) is 0 Å². The zero-order chi connectivity index (χ0) is 15.4. The van der Waals surface area contributed by atoms with Crippen molar-refractivity contribution in [3.8, 4) is 5.75 Å². The molecule has 3 rings (SSSR count). The third kappa shape index (κ3) is 3.60. The molecule has 3 nitrogen and oxygen atoms in total. The monoisotopic (exact) mass is 296 g/mol. The average molecular weight is 296 g/mol. The van der Waals surface area contributed by atoms with Gasteiger partial charge in [-0.25, -0.2) is 0 Å². The number of piperazine rings is 1. The Labute approximate surface area is 132 Å². The largest absolute Gasteiger partial charge is 0.508 e. The van der Waals surface area contributed by atoms with Crippen LogP contribution in [0.2, 0.25) is 0 Å². The van der Waals surface area contributed by atoms with Gasteiger partial charge in [-0.1, -0.05) is 30.3 Å². The van der Waals surface area contributed by atoms with Crippen LogP contribution in [0.3, 0.4) is 0 Å². The molecule has 0 spiro atoms. The molecule has 0 atom stereocenters. The summed E-state index contributed by atoms with van der Waals surface area (Å²) in [6, 6.07) is 16.4. The number of hydrogen-bond donors (Lipinski definition) is 1. The summed E-state index contributed by atoms with van der Waals surface area (Å²) < 4.78 is 0. The van der Waals surface area contributed by atoms with Crippen LogP contribution < -0.4 is 4.90 Å². The van der Waals surface area contributed by atoms with Gasteiger partial charge in [0.25, 0.3) is 0 Å². The topological polar surface area (TPSA) is 26.7 Å². The van der Waals surface area contributed by atoms with Crippen LogP contribution in [0.5, 0.6) is 5.75 Å². The first kappa shape index (κ1) is 14.9. The Hall–Kier alpha value is -2.00. The molecule has 2 aromatic carbocycles. The van der Waals surface area contributed by atoms with E-state index in [0.717, 1.165) is 44.7 Å². The first-order valence-corrected chi connectivity index (χ1v) is 8.03. The van der Waals surface area contributed by atoms with E-state index in [1.54, 1.807) is 6.07 Å². The number of anilines is 1. The molecule has 0 amide bonds. The van der Waals surface area contributed by atoms with Crippen LogP contribution in [0.1, 0.15) is 11.1 Å². The van der Waals surface area contributed by atoms with Crippen molar-refractivity contribution in [3.63, 3.8) is 0 Å². The molecular formula is C19H24N2O. The quantitative estimate of drug-likeness (QED) is 0.939. The van der Waals surface area contributed by atoms with E-state index in [1.165, 1.54) is 11.3 Å². The Morgan fingerprint density at radius 2 is 1.68 bits per heavy atom. The highest BCUT2D eigenvalue weighted by atomic mass is 16.3. The minimum Gasteiger partial charge on any atom is -0.508 e. The molecule has 1 fully saturated rings. The van der Waals surface area contributed by atoms with Gasteiger partial charge < -0.3 is 10.0 Å². The van der Waals surface area contributed by atoms with Crippen molar-refractivity contribution in [2.75, 3.05) is 37.6 Å². The average Bonchev–Trinajstić information content (AvgIpc) is 2.55. The molecular weight excluding hydrogens is 272 g/mol. The maximum Gasteiger partial charge on any atom is 0.115 e. The number of nitrogens with zero attached hydrogens (tertiary/aromatic N) is 2. The zero-order valence-electron chi connectivity index (χ0n) is 13.2. The van der Waals surface area contributed by atoms with E-state index in [0.29, 0.717) is 5.75 Å². The SMILES string of the molecule is Cc1cc(O)ccc1N1CCN(CCc2ccccc2)CC1. The number of phenolic OH excluding ortho intramolecular Hbond substituents is 1. The number of aromatic hydroxyl groups is 1. The van der Waals surface area contributed by atoms with Crippen LogP contribution in [0.4, 0.5) is 5.69 Å². The predicted molar refractivity (Wildman–Crippen MR) is 91.6 cm³/mol. The van der Waals surface area contributed by atoms with Gasteiger partial charge in [0.2, 0.25) is 0 Å². The highest BCUT2D eigenvalue weighted by molar-refractivity contribution is 5.55. The van der Waals surface area contributed by atoms with Crippen LogP contribution in [0.15, 0.2) is 48.5 Å². The minimum atomic E-state index is 0.350. The van der Waals surface area contributed by atoms with Gasteiger partial charge in [0, 0.05) is 38.4 Å². The van der Waals surface area contributed by atoms with Crippen molar-refractivity contribution in [1.82, 2.24) is 4.90 Å². The maximum atomic E-state index is 9.53. The molecule has 1 N–H and O–H groups in total. The molecule has 1 aliphatic rings. The number of benzene rings is 2. The number of hydrogen-bond acceptors (Lipinski definition) is 3. The lowest BCUT2D eigenvalue weighted by atomic mass is 10.1. The number of phenols is 1. The number of aryl methyl sites for hydroxylation is 1. The third-order valence-electron chi connectivity index (χ3n) is 4.45. The van der Waals surface area contributed by atoms with Crippen LogP contribution in [0.25, 0.3) is 0 Å². The highest BCUT2D eigenvalue weighted by Gasteiger charge is 2.18. The molecule has 3 heteroatoms. The van der Waals surface area contributed by atoms with Gasteiger partial charge in [-0.05, 0) is 42.7 Å². The first-order chi connectivity index (χ1) is 10.7. The molecule has 0 saturated carbocycles. The molecule has 116 valence electrons. The molecule has 1 heterocycles. The number of rotatable bonds is 4. The van der Waals surface area contributed by atoms with Crippen LogP contribution in [-0.2, 0) is 6.42 Å². The molecule has 1 saturated heterocycles. The van der Waals surface area contributed by atoms with Crippen molar-refractivity contribution in [2.24, 2.45) is 0 Å². The predicted octanol–water partition coefficient (Wildman–Crippen LogP) is 3.07. The first-order valence-electron chi connectivity index (χ1n) is 8.03. The van der Waals surface area contributed by atoms with Crippen LogP contribution >= 0.6 is 0 Å². The lowest BCUT2D eigenvalue weighted by Crippen LogP contribution is -2.47. The van der Waals surface area contributed by atoms with E-state index in [-0.39, 0.29) is 0 Å². The molecule has 1 aliphatic heterocycles. The molecule has 0 aromatic heterocycles. The van der Waals surface area contributed by atoms with Gasteiger partial charge in [-0.3, -0.25) is 4.90 Å². The van der Waals surface area contributed by atoms with E-state index in [4.69, 9.17) is 0 Å². The molecule has 0 bridgehead atoms. The molecule has 0 radical (unpaired) electrons. The zero-order valence-corrected chi connectivity index (χ0v) is 13.2. The molecule has 0 unspecified atom stereocenters. The standard InChI is InChI=1S/C19H24N2O/c1-16-15-18(22)7-8-19(16)21-13-11-20(12-14-21)10-9-17-5-3-2-4-6-17/h2-8,15,22H,9-14H2,1H3. The summed E-state index contributed by atoms with van der Waals surface area (Å²) >= 11 is 0. The fourth-order valence-electron chi connectivity index (χ4n) is 3.14.